The molecule has 0 saturated heterocycles. The van der Waals surface area contributed by atoms with Crippen LogP contribution in [0.2, 0.25) is 0 Å². The van der Waals surface area contributed by atoms with Crippen LogP contribution in [0.4, 0.5) is 13.2 Å². The van der Waals surface area contributed by atoms with Gasteiger partial charge < -0.3 is 9.64 Å². The van der Waals surface area contributed by atoms with E-state index in [0.717, 1.165) is 30.5 Å². The zero-order valence-electron chi connectivity index (χ0n) is 16.0. The van der Waals surface area contributed by atoms with E-state index in [0.29, 0.717) is 5.75 Å². The molecule has 0 aromatic heterocycles. The highest BCUT2D eigenvalue weighted by Crippen LogP contribution is 2.38. The van der Waals surface area contributed by atoms with Crippen molar-refractivity contribution in [2.45, 2.75) is 37.6 Å². The van der Waals surface area contributed by atoms with Crippen LogP contribution >= 0.6 is 0 Å². The Morgan fingerprint density at radius 1 is 1.00 bits per heavy atom. The molecule has 0 saturated carbocycles. The van der Waals surface area contributed by atoms with E-state index in [1.54, 1.807) is 6.08 Å². The maximum atomic E-state index is 12.9. The minimum absolute atomic E-state index is 0.0373. The molecule has 0 radical (unpaired) electrons. The van der Waals surface area contributed by atoms with E-state index in [2.05, 4.69) is 18.4 Å². The molecular formula is C22H26F3NO. The van der Waals surface area contributed by atoms with Gasteiger partial charge in [0, 0.05) is 5.56 Å². The fourth-order valence-corrected chi connectivity index (χ4v) is 3.35. The fourth-order valence-electron chi connectivity index (χ4n) is 3.35. The third-order valence-electron chi connectivity index (χ3n) is 4.68. The third kappa shape index (κ3) is 4.72. The first-order chi connectivity index (χ1) is 12.7. The molecule has 2 unspecified atom stereocenters. The van der Waals surface area contributed by atoms with Crippen LogP contribution in [0.3, 0.4) is 0 Å². The summed E-state index contributed by atoms with van der Waals surface area (Å²) in [5, 5.41) is 0. The minimum atomic E-state index is -4.37. The number of alkyl halides is 3. The topological polar surface area (TPSA) is 12.5 Å². The summed E-state index contributed by atoms with van der Waals surface area (Å²) >= 11 is 0. The Kier molecular flexibility index (Phi) is 6.71. The van der Waals surface area contributed by atoms with Crippen molar-refractivity contribution in [3.8, 4) is 5.75 Å². The number of rotatable bonds is 8. The maximum absolute atomic E-state index is 12.9. The zero-order valence-corrected chi connectivity index (χ0v) is 16.0. The van der Waals surface area contributed by atoms with Gasteiger partial charge in [-0.15, -0.1) is 0 Å². The number of hydrogen-bond acceptors (Lipinski definition) is 2. The molecule has 0 bridgehead atoms. The van der Waals surface area contributed by atoms with Crippen molar-refractivity contribution in [2.75, 3.05) is 14.1 Å². The van der Waals surface area contributed by atoms with Crippen molar-refractivity contribution in [1.29, 1.82) is 0 Å². The van der Waals surface area contributed by atoms with Gasteiger partial charge in [0.25, 0.3) is 0 Å². The fraction of sp³-hybridized carbons (Fsp3) is 0.364. The van der Waals surface area contributed by atoms with Gasteiger partial charge >= 0.3 is 6.18 Å². The van der Waals surface area contributed by atoms with Gasteiger partial charge in [0.15, 0.2) is 5.60 Å². The van der Waals surface area contributed by atoms with Gasteiger partial charge in [0.2, 0.25) is 0 Å². The Morgan fingerprint density at radius 3 is 2.04 bits per heavy atom. The highest BCUT2D eigenvalue weighted by molar-refractivity contribution is 5.35. The zero-order chi connectivity index (χ0) is 20.1. The summed E-state index contributed by atoms with van der Waals surface area (Å²) < 4.78 is 44.9. The molecule has 2 atom stereocenters. The molecule has 0 heterocycles. The second kappa shape index (κ2) is 8.61. The van der Waals surface area contributed by atoms with Gasteiger partial charge in [-0.25, -0.2) is 0 Å². The van der Waals surface area contributed by atoms with Crippen LogP contribution in [0.15, 0.2) is 67.3 Å². The van der Waals surface area contributed by atoms with Gasteiger partial charge in [0.1, 0.15) is 5.75 Å². The summed E-state index contributed by atoms with van der Waals surface area (Å²) in [5.41, 5.74) is -0.677. The molecule has 2 rings (SSSR count). The van der Waals surface area contributed by atoms with Crippen LogP contribution in [-0.4, -0.2) is 25.0 Å². The lowest BCUT2D eigenvalue weighted by Gasteiger charge is -2.42. The molecule has 0 fully saturated rings. The summed E-state index contributed by atoms with van der Waals surface area (Å²) in [6, 6.07) is 14.4. The molecule has 0 aliphatic heterocycles. The van der Waals surface area contributed by atoms with Crippen molar-refractivity contribution in [2.24, 2.45) is 0 Å². The number of likely N-dealkylation sites (N-methyl/N-ethyl adjacent to an activating group) is 1. The van der Waals surface area contributed by atoms with E-state index >= 15 is 0 Å². The molecule has 2 nitrogen and oxygen atoms in total. The second-order valence-corrected chi connectivity index (χ2v) is 6.76. The lowest BCUT2D eigenvalue weighted by molar-refractivity contribution is -0.137. The minimum Gasteiger partial charge on any atom is -0.477 e. The lowest BCUT2D eigenvalue weighted by Crippen LogP contribution is -2.50. The Labute approximate surface area is 159 Å². The van der Waals surface area contributed by atoms with Crippen LogP contribution in [0.1, 0.15) is 30.9 Å². The van der Waals surface area contributed by atoms with Crippen molar-refractivity contribution in [3.63, 3.8) is 0 Å². The van der Waals surface area contributed by atoms with Gasteiger partial charge in [-0.05, 0) is 50.9 Å². The first-order valence-electron chi connectivity index (χ1n) is 8.96. The monoisotopic (exact) mass is 377 g/mol. The van der Waals surface area contributed by atoms with E-state index in [4.69, 9.17) is 4.74 Å². The van der Waals surface area contributed by atoms with Gasteiger partial charge in [-0.3, -0.25) is 0 Å². The Morgan fingerprint density at radius 2 is 1.59 bits per heavy atom. The molecule has 0 N–H and O–H groups in total. The summed E-state index contributed by atoms with van der Waals surface area (Å²) in [6.45, 7) is 6.11. The molecule has 146 valence electrons. The van der Waals surface area contributed by atoms with E-state index < -0.39 is 17.3 Å². The molecule has 2 aromatic carbocycles. The molecule has 0 spiro atoms. The van der Waals surface area contributed by atoms with E-state index in [1.165, 1.54) is 12.1 Å². The van der Waals surface area contributed by atoms with Crippen LogP contribution in [0.25, 0.3) is 0 Å². The molecule has 5 heteroatoms. The van der Waals surface area contributed by atoms with Crippen molar-refractivity contribution >= 4 is 0 Å². The first kappa shape index (κ1) is 21.0. The number of nitrogens with zero attached hydrogens (tertiary/aromatic N) is 1. The standard InChI is InChI=1S/C22H26F3NO/c1-5-10-20(26(3)4)21(6-2,17-11-8-7-9-12-17)27-19-15-13-18(14-16-19)22(23,24)25/h6-9,11-16,20H,2,5,10H2,1,3-4H3. The molecule has 0 amide bonds. The SMILES string of the molecule is C=CC(Oc1ccc(C(F)(F)F)cc1)(c1ccccc1)C(CCC)N(C)C. The summed E-state index contributed by atoms with van der Waals surface area (Å²) in [6.07, 6.45) is -0.849. The molecule has 2 aromatic rings. The summed E-state index contributed by atoms with van der Waals surface area (Å²) in [4.78, 5) is 2.07. The lowest BCUT2D eigenvalue weighted by atomic mass is 9.83. The van der Waals surface area contributed by atoms with Crippen molar-refractivity contribution < 1.29 is 17.9 Å². The van der Waals surface area contributed by atoms with Crippen LogP contribution < -0.4 is 4.74 Å². The van der Waals surface area contributed by atoms with E-state index in [-0.39, 0.29) is 6.04 Å². The van der Waals surface area contributed by atoms with Gasteiger partial charge in [0.05, 0.1) is 11.6 Å². The highest BCUT2D eigenvalue weighted by Gasteiger charge is 2.41. The summed E-state index contributed by atoms with van der Waals surface area (Å²) in [7, 11) is 3.94. The van der Waals surface area contributed by atoms with Crippen LogP contribution in [0, 0.1) is 0 Å². The predicted octanol–water partition coefficient (Wildman–Crippen LogP) is 5.90. The van der Waals surface area contributed by atoms with E-state index in [1.807, 2.05) is 44.4 Å². The van der Waals surface area contributed by atoms with Crippen LogP contribution in [-0.2, 0) is 11.8 Å². The molecule has 0 aliphatic carbocycles. The number of benzene rings is 2. The third-order valence-corrected chi connectivity index (χ3v) is 4.68. The largest absolute Gasteiger partial charge is 0.477 e. The normalized spacial score (nSPS) is 15.2. The predicted molar refractivity (Wildman–Crippen MR) is 103 cm³/mol. The Bertz CT molecular complexity index is 725. The Hall–Kier alpha value is -2.27. The van der Waals surface area contributed by atoms with Gasteiger partial charge in [-0.1, -0.05) is 50.3 Å². The molecule has 0 aliphatic rings. The van der Waals surface area contributed by atoms with Crippen LogP contribution in [0.5, 0.6) is 5.75 Å². The number of ether oxygens (including phenoxy) is 1. The maximum Gasteiger partial charge on any atom is 0.416 e. The smallest absolute Gasteiger partial charge is 0.416 e. The average molecular weight is 377 g/mol. The Balaban J connectivity index is 2.50. The highest BCUT2D eigenvalue weighted by atomic mass is 19.4. The van der Waals surface area contributed by atoms with Crippen molar-refractivity contribution in [1.82, 2.24) is 4.90 Å². The number of hydrogen-bond donors (Lipinski definition) is 0. The summed E-state index contributed by atoms with van der Waals surface area (Å²) in [5.74, 6) is 0.370. The van der Waals surface area contributed by atoms with Crippen molar-refractivity contribution in [3.05, 3.63) is 78.4 Å². The quantitative estimate of drug-likeness (QED) is 0.531. The molecule has 27 heavy (non-hydrogen) atoms. The molecular weight excluding hydrogens is 351 g/mol. The average Bonchev–Trinajstić information content (AvgIpc) is 2.64. The first-order valence-corrected chi connectivity index (χ1v) is 8.96. The van der Waals surface area contributed by atoms with Gasteiger partial charge in [-0.2, -0.15) is 13.2 Å². The number of halogens is 3. The second-order valence-electron chi connectivity index (χ2n) is 6.76. The van der Waals surface area contributed by atoms with E-state index in [9.17, 15) is 13.2 Å².